The van der Waals surface area contributed by atoms with Crippen LogP contribution in [0.4, 0.5) is 4.39 Å². The second-order valence-corrected chi connectivity index (χ2v) is 5.96. The monoisotopic (exact) mass is 374 g/mol. The van der Waals surface area contributed by atoms with Crippen LogP contribution >= 0.6 is 11.6 Å². The number of carbonyl (C=O) groups is 1. The van der Waals surface area contributed by atoms with Crippen LogP contribution in [0.3, 0.4) is 0 Å². The maximum atomic E-state index is 13.1. The molecule has 1 N–H and O–H groups in total. The first-order valence-corrected chi connectivity index (χ1v) is 8.23. The van der Waals surface area contributed by atoms with Crippen molar-refractivity contribution >= 4 is 17.5 Å². The van der Waals surface area contributed by atoms with Crippen molar-refractivity contribution in [2.45, 2.75) is 13.1 Å². The van der Waals surface area contributed by atoms with Gasteiger partial charge in [0.05, 0.1) is 11.6 Å². The first-order chi connectivity index (χ1) is 12.6. The summed E-state index contributed by atoms with van der Waals surface area (Å²) in [5, 5.41) is 6.79. The predicted octanol–water partition coefficient (Wildman–Crippen LogP) is 2.81. The molecule has 1 heterocycles. The fraction of sp³-hybridized carbons (Fsp3) is 0.167. The van der Waals surface area contributed by atoms with Crippen LogP contribution in [0, 0.1) is 5.82 Å². The molecule has 0 unspecified atom stereocenters. The lowest BCUT2D eigenvalue weighted by Crippen LogP contribution is -2.28. The van der Waals surface area contributed by atoms with Gasteiger partial charge in [0.15, 0.2) is 6.61 Å². The maximum absolute atomic E-state index is 13.1. The van der Waals surface area contributed by atoms with Crippen molar-refractivity contribution in [2.75, 3.05) is 6.61 Å². The van der Waals surface area contributed by atoms with E-state index in [1.807, 2.05) is 24.3 Å². The zero-order valence-corrected chi connectivity index (χ0v) is 14.5. The lowest BCUT2D eigenvalue weighted by Gasteiger charge is -2.09. The number of hydrogen-bond donors (Lipinski definition) is 1. The van der Waals surface area contributed by atoms with E-state index in [2.05, 4.69) is 15.4 Å². The van der Waals surface area contributed by atoms with Crippen molar-refractivity contribution in [1.82, 2.24) is 20.1 Å². The molecule has 6 nitrogen and oxygen atoms in total. The Labute approximate surface area is 154 Å². The van der Waals surface area contributed by atoms with Crippen LogP contribution in [0.15, 0.2) is 55.1 Å². The maximum Gasteiger partial charge on any atom is 0.258 e. The molecule has 0 bridgehead atoms. The summed E-state index contributed by atoms with van der Waals surface area (Å²) in [7, 11) is 0. The first-order valence-electron chi connectivity index (χ1n) is 7.85. The van der Waals surface area contributed by atoms with Gasteiger partial charge in [0, 0.05) is 12.6 Å². The summed E-state index contributed by atoms with van der Waals surface area (Å²) in [5.74, 6) is -0.484. The molecule has 0 aliphatic rings. The van der Waals surface area contributed by atoms with Crippen LogP contribution in [-0.4, -0.2) is 27.3 Å². The van der Waals surface area contributed by atoms with E-state index in [4.69, 9.17) is 16.3 Å². The molecule has 0 fully saturated rings. The van der Waals surface area contributed by atoms with E-state index >= 15 is 0 Å². The molecular formula is C18H16ClFN4O2. The molecule has 1 amide bonds. The number of hydrogen-bond acceptors (Lipinski definition) is 4. The molecule has 0 aliphatic heterocycles. The lowest BCUT2D eigenvalue weighted by molar-refractivity contribution is -0.123. The van der Waals surface area contributed by atoms with Crippen molar-refractivity contribution in [3.63, 3.8) is 0 Å². The van der Waals surface area contributed by atoms with E-state index < -0.39 is 5.82 Å². The van der Waals surface area contributed by atoms with Gasteiger partial charge in [-0.25, -0.2) is 14.1 Å². The molecule has 0 saturated heterocycles. The average Bonchev–Trinajstić information content (AvgIpc) is 3.14. The smallest absolute Gasteiger partial charge is 0.258 e. The molecule has 26 heavy (non-hydrogen) atoms. The molecule has 0 spiro atoms. The zero-order chi connectivity index (χ0) is 18.4. The third-order valence-electron chi connectivity index (χ3n) is 3.55. The molecule has 0 aliphatic carbocycles. The Hall–Kier alpha value is -2.93. The molecule has 0 atom stereocenters. The predicted molar refractivity (Wildman–Crippen MR) is 94.3 cm³/mol. The van der Waals surface area contributed by atoms with Crippen LogP contribution in [0.25, 0.3) is 0 Å². The van der Waals surface area contributed by atoms with Crippen LogP contribution in [0.1, 0.15) is 11.1 Å². The number of aromatic nitrogens is 3. The topological polar surface area (TPSA) is 69.0 Å². The Bertz CT molecular complexity index is 887. The van der Waals surface area contributed by atoms with E-state index in [-0.39, 0.29) is 17.5 Å². The van der Waals surface area contributed by atoms with E-state index in [9.17, 15) is 9.18 Å². The van der Waals surface area contributed by atoms with E-state index in [1.54, 1.807) is 11.0 Å². The minimum atomic E-state index is -0.533. The van der Waals surface area contributed by atoms with Gasteiger partial charge in [0.2, 0.25) is 0 Å². The Morgan fingerprint density at radius 1 is 1.23 bits per heavy atom. The quantitative estimate of drug-likeness (QED) is 0.690. The van der Waals surface area contributed by atoms with Gasteiger partial charge in [-0.3, -0.25) is 4.79 Å². The summed E-state index contributed by atoms with van der Waals surface area (Å²) >= 11 is 5.67. The fourth-order valence-corrected chi connectivity index (χ4v) is 2.48. The van der Waals surface area contributed by atoms with E-state index in [0.29, 0.717) is 18.8 Å². The molecule has 1 aromatic heterocycles. The standard InChI is InChI=1S/C18H16ClFN4O2/c19-16-7-15(4-5-17(16)20)26-10-18(25)22-8-13-2-1-3-14(6-13)9-24-12-21-11-23-24/h1-7,11-12H,8-10H2,(H,22,25). The summed E-state index contributed by atoms with van der Waals surface area (Å²) in [6, 6.07) is 11.8. The van der Waals surface area contributed by atoms with Crippen molar-refractivity contribution in [1.29, 1.82) is 0 Å². The average molecular weight is 375 g/mol. The van der Waals surface area contributed by atoms with Crippen molar-refractivity contribution in [3.05, 3.63) is 77.1 Å². The number of nitrogens with one attached hydrogen (secondary N) is 1. The molecule has 2 aromatic carbocycles. The van der Waals surface area contributed by atoms with Gasteiger partial charge in [-0.2, -0.15) is 5.10 Å². The normalized spacial score (nSPS) is 10.5. The Morgan fingerprint density at radius 2 is 2.08 bits per heavy atom. The third-order valence-corrected chi connectivity index (χ3v) is 3.84. The SMILES string of the molecule is O=C(COc1ccc(F)c(Cl)c1)NCc1cccc(Cn2cncn2)c1. The second kappa shape index (κ2) is 8.44. The summed E-state index contributed by atoms with van der Waals surface area (Å²) in [6.45, 7) is 0.800. The van der Waals surface area contributed by atoms with Gasteiger partial charge in [0.25, 0.3) is 5.91 Å². The van der Waals surface area contributed by atoms with Gasteiger partial charge >= 0.3 is 0 Å². The van der Waals surface area contributed by atoms with Crippen LogP contribution in [-0.2, 0) is 17.9 Å². The largest absolute Gasteiger partial charge is 0.484 e. The van der Waals surface area contributed by atoms with Gasteiger partial charge in [-0.1, -0.05) is 35.9 Å². The van der Waals surface area contributed by atoms with Gasteiger partial charge < -0.3 is 10.1 Å². The lowest BCUT2D eigenvalue weighted by atomic mass is 10.1. The van der Waals surface area contributed by atoms with Gasteiger partial charge in [-0.05, 0) is 23.3 Å². The highest BCUT2D eigenvalue weighted by atomic mass is 35.5. The highest BCUT2D eigenvalue weighted by molar-refractivity contribution is 6.30. The molecule has 134 valence electrons. The number of rotatable bonds is 7. The van der Waals surface area contributed by atoms with Gasteiger partial charge in [0.1, 0.15) is 24.2 Å². The third kappa shape index (κ3) is 5.03. The Kier molecular flexibility index (Phi) is 5.80. The van der Waals surface area contributed by atoms with E-state index in [0.717, 1.165) is 11.1 Å². The minimum absolute atomic E-state index is 0.0490. The molecule has 0 saturated carbocycles. The number of nitrogens with zero attached hydrogens (tertiary/aromatic N) is 3. The summed E-state index contributed by atoms with van der Waals surface area (Å²) < 4.78 is 20.1. The Morgan fingerprint density at radius 3 is 2.85 bits per heavy atom. The minimum Gasteiger partial charge on any atom is -0.484 e. The van der Waals surface area contributed by atoms with E-state index in [1.165, 1.54) is 24.5 Å². The number of benzene rings is 2. The van der Waals surface area contributed by atoms with Crippen molar-refractivity contribution in [3.8, 4) is 5.75 Å². The number of carbonyl (C=O) groups excluding carboxylic acids is 1. The van der Waals surface area contributed by atoms with Crippen molar-refractivity contribution < 1.29 is 13.9 Å². The fourth-order valence-electron chi connectivity index (χ4n) is 2.31. The van der Waals surface area contributed by atoms with Crippen LogP contribution in [0.2, 0.25) is 5.02 Å². The first kappa shape index (κ1) is 17.9. The zero-order valence-electron chi connectivity index (χ0n) is 13.7. The summed E-state index contributed by atoms with van der Waals surface area (Å²) in [4.78, 5) is 15.8. The second-order valence-electron chi connectivity index (χ2n) is 5.55. The van der Waals surface area contributed by atoms with Gasteiger partial charge in [-0.15, -0.1) is 0 Å². The van der Waals surface area contributed by atoms with Crippen molar-refractivity contribution in [2.24, 2.45) is 0 Å². The molecule has 8 heteroatoms. The highest BCUT2D eigenvalue weighted by Crippen LogP contribution is 2.20. The molecular weight excluding hydrogens is 359 g/mol. The number of ether oxygens (including phenoxy) is 1. The number of amides is 1. The van der Waals surface area contributed by atoms with Crippen LogP contribution < -0.4 is 10.1 Å². The van der Waals surface area contributed by atoms with Crippen LogP contribution in [0.5, 0.6) is 5.75 Å². The Balaban J connectivity index is 1.48. The highest BCUT2D eigenvalue weighted by Gasteiger charge is 2.06. The summed E-state index contributed by atoms with van der Waals surface area (Å²) in [6.07, 6.45) is 3.13. The summed E-state index contributed by atoms with van der Waals surface area (Å²) in [5.41, 5.74) is 2.01. The molecule has 0 radical (unpaired) electrons. The number of halogens is 2. The molecule has 3 aromatic rings. The molecule has 3 rings (SSSR count).